The number of aryl methyl sites for hydroxylation is 1. The van der Waals surface area contributed by atoms with E-state index < -0.39 is 0 Å². The van der Waals surface area contributed by atoms with Crippen molar-refractivity contribution in [2.45, 2.75) is 39.5 Å². The van der Waals surface area contributed by atoms with Gasteiger partial charge in [0.2, 0.25) is 0 Å². The lowest BCUT2D eigenvalue weighted by atomic mass is 10.0. The molecule has 19 heavy (non-hydrogen) atoms. The van der Waals surface area contributed by atoms with E-state index in [2.05, 4.69) is 35.9 Å². The number of aromatic nitrogens is 1. The fourth-order valence-electron chi connectivity index (χ4n) is 3.26. The van der Waals surface area contributed by atoms with Crippen molar-refractivity contribution in [2.75, 3.05) is 6.61 Å². The predicted molar refractivity (Wildman–Crippen MR) is 76.9 cm³/mol. The van der Waals surface area contributed by atoms with E-state index in [4.69, 9.17) is 5.73 Å². The molecule has 2 heterocycles. The number of nitrogens with zero attached hydrogens (tertiary/aromatic N) is 1. The molecule has 4 heteroatoms. The van der Waals surface area contributed by atoms with Crippen LogP contribution in [0, 0.1) is 6.92 Å². The molecule has 0 radical (unpaired) electrons. The Morgan fingerprint density at radius 1 is 1.37 bits per heavy atom. The number of aliphatic hydroxyl groups is 1. The minimum absolute atomic E-state index is 0.0149. The molecule has 0 aliphatic carbocycles. The first-order valence-corrected chi connectivity index (χ1v) is 6.89. The van der Waals surface area contributed by atoms with E-state index in [1.165, 1.54) is 27.7 Å². The number of aliphatic hydroxyl groups excluding tert-OH is 1. The van der Waals surface area contributed by atoms with Crippen molar-refractivity contribution >= 4 is 10.9 Å². The van der Waals surface area contributed by atoms with Crippen LogP contribution in [0.3, 0.4) is 0 Å². The molecule has 4 N–H and O–H groups in total. The molecule has 1 aromatic carbocycles. The Labute approximate surface area is 113 Å². The number of hydrogen-bond donors (Lipinski definition) is 3. The van der Waals surface area contributed by atoms with Crippen molar-refractivity contribution in [3.05, 3.63) is 34.5 Å². The van der Waals surface area contributed by atoms with Gasteiger partial charge in [-0.1, -0.05) is 0 Å². The second-order valence-electron chi connectivity index (χ2n) is 5.27. The van der Waals surface area contributed by atoms with Crippen molar-refractivity contribution in [1.82, 2.24) is 9.88 Å². The van der Waals surface area contributed by atoms with Gasteiger partial charge < -0.3 is 20.7 Å². The van der Waals surface area contributed by atoms with Crippen LogP contribution in [0.15, 0.2) is 12.1 Å². The molecule has 2 aromatic rings. The average molecular weight is 259 g/mol. The quantitative estimate of drug-likeness (QED) is 0.784. The zero-order valence-electron chi connectivity index (χ0n) is 11.5. The number of rotatable bonds is 3. The molecule has 102 valence electrons. The summed E-state index contributed by atoms with van der Waals surface area (Å²) >= 11 is 0. The predicted octanol–water partition coefficient (Wildman–Crippen LogP) is 1.56. The van der Waals surface area contributed by atoms with E-state index in [0.717, 1.165) is 25.2 Å². The third-order valence-corrected chi connectivity index (χ3v) is 4.21. The Balaban J connectivity index is 2.33. The van der Waals surface area contributed by atoms with Crippen LogP contribution >= 0.6 is 0 Å². The van der Waals surface area contributed by atoms with E-state index in [9.17, 15) is 5.11 Å². The van der Waals surface area contributed by atoms with Gasteiger partial charge in [-0.05, 0) is 42.7 Å². The fraction of sp³-hybridized carbons (Fsp3) is 0.467. The largest absolute Gasteiger partial charge is 0.394 e. The molecule has 0 bridgehead atoms. The Kier molecular flexibility index (Phi) is 3.09. The van der Waals surface area contributed by atoms with E-state index in [0.29, 0.717) is 0 Å². The summed E-state index contributed by atoms with van der Waals surface area (Å²) in [6.07, 6.45) is 0. The summed E-state index contributed by atoms with van der Waals surface area (Å²) in [5.41, 5.74) is 12.3. The van der Waals surface area contributed by atoms with Crippen molar-refractivity contribution in [3.8, 4) is 0 Å². The van der Waals surface area contributed by atoms with E-state index in [-0.39, 0.29) is 12.6 Å². The first-order chi connectivity index (χ1) is 9.17. The summed E-state index contributed by atoms with van der Waals surface area (Å²) in [7, 11) is 0. The number of fused-ring (bicyclic) bond motifs is 2. The lowest BCUT2D eigenvalue weighted by Crippen LogP contribution is -2.15. The fourth-order valence-corrected chi connectivity index (χ4v) is 3.26. The second kappa shape index (κ2) is 4.63. The highest BCUT2D eigenvalue weighted by Gasteiger charge is 2.21. The van der Waals surface area contributed by atoms with Crippen LogP contribution in [0.25, 0.3) is 10.9 Å². The van der Waals surface area contributed by atoms with Crippen LogP contribution in [0.4, 0.5) is 0 Å². The van der Waals surface area contributed by atoms with Gasteiger partial charge in [-0.2, -0.15) is 0 Å². The highest BCUT2D eigenvalue weighted by molar-refractivity contribution is 5.88. The van der Waals surface area contributed by atoms with Gasteiger partial charge in [-0.15, -0.1) is 0 Å². The summed E-state index contributed by atoms with van der Waals surface area (Å²) in [5, 5.41) is 14.0. The molecule has 1 atom stereocenters. The van der Waals surface area contributed by atoms with Crippen LogP contribution in [-0.4, -0.2) is 16.3 Å². The van der Waals surface area contributed by atoms with Crippen molar-refractivity contribution < 1.29 is 5.11 Å². The number of nitrogens with two attached hydrogens (primary N) is 1. The molecule has 1 unspecified atom stereocenters. The smallest absolute Gasteiger partial charge is 0.0625 e. The molecular weight excluding hydrogens is 238 g/mol. The van der Waals surface area contributed by atoms with E-state index in [1.807, 2.05) is 0 Å². The van der Waals surface area contributed by atoms with Gasteiger partial charge >= 0.3 is 0 Å². The van der Waals surface area contributed by atoms with Crippen molar-refractivity contribution in [1.29, 1.82) is 0 Å². The second-order valence-corrected chi connectivity index (χ2v) is 5.27. The van der Waals surface area contributed by atoms with Gasteiger partial charge in [-0.3, -0.25) is 0 Å². The van der Waals surface area contributed by atoms with Crippen LogP contribution in [0.5, 0.6) is 0 Å². The molecule has 1 aromatic heterocycles. The Hall–Kier alpha value is -1.36. The first-order valence-electron chi connectivity index (χ1n) is 6.89. The van der Waals surface area contributed by atoms with E-state index >= 15 is 0 Å². The molecular formula is C15H21N3O. The average Bonchev–Trinajstić information content (AvgIpc) is 2.96. The maximum absolute atomic E-state index is 9.40. The van der Waals surface area contributed by atoms with Gasteiger partial charge in [0.25, 0.3) is 0 Å². The Bertz CT molecular complexity index is 630. The van der Waals surface area contributed by atoms with Crippen LogP contribution in [-0.2, 0) is 19.6 Å². The van der Waals surface area contributed by atoms with Gasteiger partial charge in [0.05, 0.1) is 12.6 Å². The summed E-state index contributed by atoms with van der Waals surface area (Å²) in [6.45, 7) is 7.02. The van der Waals surface area contributed by atoms with Gasteiger partial charge in [0.1, 0.15) is 0 Å². The van der Waals surface area contributed by atoms with Gasteiger partial charge in [-0.25, -0.2) is 0 Å². The molecule has 1 aliphatic rings. The minimum Gasteiger partial charge on any atom is -0.394 e. The summed E-state index contributed by atoms with van der Waals surface area (Å²) < 4.78 is 2.29. The molecule has 0 saturated heterocycles. The SMILES string of the molecule is CCn1c(C)c(C(N)CO)c2cc3c(cc21)CNC3. The standard InChI is InChI=1S/C15H21N3O/c1-3-18-9(2)15(13(16)8-19)12-4-10-6-17-7-11(10)5-14(12)18/h4-5,13,17,19H,3,6-8,16H2,1-2H3. The van der Waals surface area contributed by atoms with Gasteiger partial charge in [0, 0.05) is 36.2 Å². The Morgan fingerprint density at radius 3 is 2.68 bits per heavy atom. The van der Waals surface area contributed by atoms with Gasteiger partial charge in [0.15, 0.2) is 0 Å². The molecule has 0 amide bonds. The van der Waals surface area contributed by atoms with Crippen LogP contribution in [0.1, 0.15) is 35.3 Å². The van der Waals surface area contributed by atoms with Crippen LogP contribution < -0.4 is 11.1 Å². The molecule has 4 nitrogen and oxygen atoms in total. The first kappa shape index (κ1) is 12.7. The third kappa shape index (κ3) is 1.79. The number of hydrogen-bond acceptors (Lipinski definition) is 3. The molecule has 3 rings (SSSR count). The number of nitrogens with one attached hydrogen (secondary N) is 1. The summed E-state index contributed by atoms with van der Waals surface area (Å²) in [5.74, 6) is 0. The molecule has 0 spiro atoms. The van der Waals surface area contributed by atoms with Crippen molar-refractivity contribution in [2.24, 2.45) is 5.73 Å². The summed E-state index contributed by atoms with van der Waals surface area (Å²) in [4.78, 5) is 0. The maximum Gasteiger partial charge on any atom is 0.0625 e. The number of benzene rings is 1. The summed E-state index contributed by atoms with van der Waals surface area (Å²) in [6, 6.07) is 4.21. The lowest BCUT2D eigenvalue weighted by molar-refractivity contribution is 0.268. The monoisotopic (exact) mass is 259 g/mol. The highest BCUT2D eigenvalue weighted by Crippen LogP contribution is 2.33. The normalized spacial score (nSPS) is 16.0. The third-order valence-electron chi connectivity index (χ3n) is 4.21. The Morgan fingerprint density at radius 2 is 2.05 bits per heavy atom. The molecule has 0 fully saturated rings. The topological polar surface area (TPSA) is 63.2 Å². The molecule has 0 saturated carbocycles. The van der Waals surface area contributed by atoms with E-state index in [1.54, 1.807) is 0 Å². The zero-order chi connectivity index (χ0) is 13.6. The lowest BCUT2D eigenvalue weighted by Gasteiger charge is -2.10. The maximum atomic E-state index is 9.40. The minimum atomic E-state index is -0.303. The van der Waals surface area contributed by atoms with Crippen molar-refractivity contribution in [3.63, 3.8) is 0 Å². The van der Waals surface area contributed by atoms with Crippen LogP contribution in [0.2, 0.25) is 0 Å². The molecule has 1 aliphatic heterocycles. The zero-order valence-corrected chi connectivity index (χ0v) is 11.5. The highest BCUT2D eigenvalue weighted by atomic mass is 16.3.